The molecule has 0 N–H and O–H groups in total. The summed E-state index contributed by atoms with van der Waals surface area (Å²) in [6.07, 6.45) is 1.72. The van der Waals surface area contributed by atoms with E-state index in [1.54, 1.807) is 12.3 Å². The van der Waals surface area contributed by atoms with Crippen LogP contribution in [0.15, 0.2) is 36.5 Å². The average Bonchev–Trinajstić information content (AvgIpc) is 2.29. The summed E-state index contributed by atoms with van der Waals surface area (Å²) in [5.74, 6) is -0.0116. The molecule has 2 heteroatoms. The van der Waals surface area contributed by atoms with Crippen LogP contribution >= 0.6 is 0 Å². The van der Waals surface area contributed by atoms with Crippen LogP contribution in [0.3, 0.4) is 0 Å². The monoisotopic (exact) mass is 225 g/mol. The fourth-order valence-corrected chi connectivity index (χ4v) is 1.81. The third kappa shape index (κ3) is 2.41. The molecule has 0 bridgehead atoms. The number of carbonyl (C=O) groups is 1. The van der Waals surface area contributed by atoms with Crippen LogP contribution in [0.2, 0.25) is 0 Å². The van der Waals surface area contributed by atoms with Crippen molar-refractivity contribution in [2.24, 2.45) is 0 Å². The SMILES string of the molecule is Cc1ccc(C(=O)c2ccc(C)cc2C)nc1. The van der Waals surface area contributed by atoms with Crippen molar-refractivity contribution in [1.82, 2.24) is 4.98 Å². The summed E-state index contributed by atoms with van der Waals surface area (Å²) in [5, 5.41) is 0. The first-order valence-electron chi connectivity index (χ1n) is 5.62. The summed E-state index contributed by atoms with van der Waals surface area (Å²) in [7, 11) is 0. The van der Waals surface area contributed by atoms with Crippen LogP contribution in [0, 0.1) is 20.8 Å². The molecule has 0 saturated carbocycles. The Bertz CT molecular complexity index is 556. The second-order valence-corrected chi connectivity index (χ2v) is 4.37. The molecule has 0 atom stereocenters. The summed E-state index contributed by atoms with van der Waals surface area (Å²) in [4.78, 5) is 16.4. The largest absolute Gasteiger partial charge is 0.287 e. The van der Waals surface area contributed by atoms with Gasteiger partial charge in [0.1, 0.15) is 5.69 Å². The highest BCUT2D eigenvalue weighted by Crippen LogP contribution is 2.14. The van der Waals surface area contributed by atoms with Gasteiger partial charge in [-0.05, 0) is 38.0 Å². The van der Waals surface area contributed by atoms with Gasteiger partial charge < -0.3 is 0 Å². The maximum Gasteiger partial charge on any atom is 0.211 e. The zero-order chi connectivity index (χ0) is 12.4. The van der Waals surface area contributed by atoms with Crippen LogP contribution in [-0.4, -0.2) is 10.8 Å². The minimum absolute atomic E-state index is 0.0116. The molecule has 0 fully saturated rings. The Morgan fingerprint density at radius 3 is 2.29 bits per heavy atom. The number of nitrogens with zero attached hydrogens (tertiary/aromatic N) is 1. The molecule has 1 aromatic carbocycles. The van der Waals surface area contributed by atoms with Gasteiger partial charge in [0, 0.05) is 11.8 Å². The lowest BCUT2D eigenvalue weighted by atomic mass is 10.00. The van der Waals surface area contributed by atoms with Crippen molar-refractivity contribution in [3.05, 3.63) is 64.5 Å². The van der Waals surface area contributed by atoms with Gasteiger partial charge in [-0.15, -0.1) is 0 Å². The Hall–Kier alpha value is -1.96. The Balaban J connectivity index is 2.40. The molecule has 0 radical (unpaired) electrons. The molecule has 2 aromatic rings. The molecular formula is C15H15NO. The van der Waals surface area contributed by atoms with Gasteiger partial charge in [-0.1, -0.05) is 29.8 Å². The number of carbonyl (C=O) groups excluding carboxylic acids is 1. The first-order valence-corrected chi connectivity index (χ1v) is 5.62. The summed E-state index contributed by atoms with van der Waals surface area (Å²) in [5.41, 5.74) is 4.45. The van der Waals surface area contributed by atoms with Crippen molar-refractivity contribution in [2.75, 3.05) is 0 Å². The van der Waals surface area contributed by atoms with Crippen LogP contribution in [-0.2, 0) is 0 Å². The molecule has 0 aliphatic carbocycles. The van der Waals surface area contributed by atoms with E-state index in [-0.39, 0.29) is 5.78 Å². The van der Waals surface area contributed by atoms with E-state index in [4.69, 9.17) is 0 Å². The number of aryl methyl sites for hydroxylation is 3. The Morgan fingerprint density at radius 2 is 1.71 bits per heavy atom. The van der Waals surface area contributed by atoms with Crippen LogP contribution in [0.5, 0.6) is 0 Å². The fourth-order valence-electron chi connectivity index (χ4n) is 1.81. The first kappa shape index (κ1) is 11.5. The standard InChI is InChI=1S/C15H15NO/c1-10-4-6-13(12(3)8-10)15(17)14-7-5-11(2)9-16-14/h4-9H,1-3H3. The van der Waals surface area contributed by atoms with Crippen molar-refractivity contribution in [3.8, 4) is 0 Å². The molecule has 0 aliphatic rings. The van der Waals surface area contributed by atoms with Gasteiger partial charge in [-0.25, -0.2) is 0 Å². The number of hydrogen-bond acceptors (Lipinski definition) is 2. The molecule has 0 spiro atoms. The molecule has 1 heterocycles. The quantitative estimate of drug-likeness (QED) is 0.734. The van der Waals surface area contributed by atoms with Gasteiger partial charge in [0.05, 0.1) is 0 Å². The van der Waals surface area contributed by atoms with Gasteiger partial charge >= 0.3 is 0 Å². The molecule has 0 aliphatic heterocycles. The van der Waals surface area contributed by atoms with E-state index >= 15 is 0 Å². The normalized spacial score (nSPS) is 10.3. The zero-order valence-electron chi connectivity index (χ0n) is 10.3. The van der Waals surface area contributed by atoms with Crippen LogP contribution < -0.4 is 0 Å². The highest BCUT2D eigenvalue weighted by Gasteiger charge is 2.12. The van der Waals surface area contributed by atoms with Gasteiger partial charge in [0.15, 0.2) is 0 Å². The topological polar surface area (TPSA) is 30.0 Å². The van der Waals surface area contributed by atoms with Gasteiger partial charge in [0.25, 0.3) is 0 Å². The average molecular weight is 225 g/mol. The summed E-state index contributed by atoms with van der Waals surface area (Å²) in [6, 6.07) is 9.52. The van der Waals surface area contributed by atoms with E-state index in [1.165, 1.54) is 0 Å². The van der Waals surface area contributed by atoms with E-state index < -0.39 is 0 Å². The predicted molar refractivity (Wildman–Crippen MR) is 68.3 cm³/mol. The highest BCUT2D eigenvalue weighted by atomic mass is 16.1. The van der Waals surface area contributed by atoms with Crippen molar-refractivity contribution >= 4 is 5.78 Å². The lowest BCUT2D eigenvalue weighted by Crippen LogP contribution is -2.06. The van der Waals surface area contributed by atoms with Crippen LogP contribution in [0.25, 0.3) is 0 Å². The number of pyridine rings is 1. The molecule has 1 aromatic heterocycles. The summed E-state index contributed by atoms with van der Waals surface area (Å²) >= 11 is 0. The molecule has 0 amide bonds. The fraction of sp³-hybridized carbons (Fsp3) is 0.200. The number of aromatic nitrogens is 1. The van der Waals surface area contributed by atoms with Gasteiger partial charge in [0.2, 0.25) is 5.78 Å². The molecule has 0 unspecified atom stereocenters. The number of ketones is 1. The lowest BCUT2D eigenvalue weighted by Gasteiger charge is -2.05. The minimum Gasteiger partial charge on any atom is -0.287 e. The molecular weight excluding hydrogens is 210 g/mol. The highest BCUT2D eigenvalue weighted by molar-refractivity contribution is 6.08. The molecule has 0 saturated heterocycles. The van der Waals surface area contributed by atoms with E-state index in [2.05, 4.69) is 4.98 Å². The summed E-state index contributed by atoms with van der Waals surface area (Å²) in [6.45, 7) is 5.93. The number of benzene rings is 1. The third-order valence-corrected chi connectivity index (χ3v) is 2.77. The second-order valence-electron chi connectivity index (χ2n) is 4.37. The minimum atomic E-state index is -0.0116. The van der Waals surface area contributed by atoms with Crippen molar-refractivity contribution in [2.45, 2.75) is 20.8 Å². The maximum absolute atomic E-state index is 12.2. The smallest absolute Gasteiger partial charge is 0.211 e. The maximum atomic E-state index is 12.2. The van der Waals surface area contributed by atoms with E-state index in [9.17, 15) is 4.79 Å². The molecule has 17 heavy (non-hydrogen) atoms. The van der Waals surface area contributed by atoms with Crippen LogP contribution in [0.1, 0.15) is 32.7 Å². The Kier molecular flexibility index (Phi) is 3.05. The number of rotatable bonds is 2. The Labute approximate surface area is 101 Å². The zero-order valence-corrected chi connectivity index (χ0v) is 10.3. The van der Waals surface area contributed by atoms with Gasteiger partial charge in [-0.2, -0.15) is 0 Å². The molecule has 2 rings (SSSR count). The van der Waals surface area contributed by atoms with E-state index in [1.807, 2.05) is 45.0 Å². The second kappa shape index (κ2) is 4.50. The van der Waals surface area contributed by atoms with Crippen molar-refractivity contribution in [3.63, 3.8) is 0 Å². The third-order valence-electron chi connectivity index (χ3n) is 2.77. The molecule has 2 nitrogen and oxygen atoms in total. The van der Waals surface area contributed by atoms with Crippen molar-refractivity contribution in [1.29, 1.82) is 0 Å². The van der Waals surface area contributed by atoms with Gasteiger partial charge in [-0.3, -0.25) is 9.78 Å². The Morgan fingerprint density at radius 1 is 1.00 bits per heavy atom. The predicted octanol–water partition coefficient (Wildman–Crippen LogP) is 3.24. The molecule has 86 valence electrons. The van der Waals surface area contributed by atoms with E-state index in [0.29, 0.717) is 5.69 Å². The van der Waals surface area contributed by atoms with Crippen LogP contribution in [0.4, 0.5) is 0 Å². The number of hydrogen-bond donors (Lipinski definition) is 0. The van der Waals surface area contributed by atoms with Crippen molar-refractivity contribution < 1.29 is 4.79 Å². The van der Waals surface area contributed by atoms with E-state index in [0.717, 1.165) is 22.3 Å². The lowest BCUT2D eigenvalue weighted by molar-refractivity contribution is 0.103. The first-order chi connectivity index (χ1) is 8.08. The summed E-state index contributed by atoms with van der Waals surface area (Å²) < 4.78 is 0.